The summed E-state index contributed by atoms with van der Waals surface area (Å²) in [5.41, 5.74) is 7.18. The molecule has 0 aromatic heterocycles. The fraction of sp³-hybridized carbons (Fsp3) is 0.500. The lowest BCUT2D eigenvalue weighted by atomic mass is 9.80. The van der Waals surface area contributed by atoms with Gasteiger partial charge < -0.3 is 20.0 Å². The van der Waals surface area contributed by atoms with Gasteiger partial charge in [-0.3, -0.25) is 9.80 Å². The molecule has 3 aromatic carbocycles. The van der Waals surface area contributed by atoms with E-state index < -0.39 is 6.10 Å². The molecule has 0 spiro atoms. The van der Waals surface area contributed by atoms with Gasteiger partial charge in [0.15, 0.2) is 0 Å². The Morgan fingerprint density at radius 2 is 1.44 bits per heavy atom. The lowest BCUT2D eigenvalue weighted by molar-refractivity contribution is 0.0399. The predicted molar refractivity (Wildman–Crippen MR) is 216 cm³/mol. The molecular formula is C44H56Cl2N4O2. The van der Waals surface area contributed by atoms with Gasteiger partial charge in [0.05, 0.1) is 12.2 Å². The summed E-state index contributed by atoms with van der Waals surface area (Å²) in [6.45, 7) is 15.1. The van der Waals surface area contributed by atoms with Crippen LogP contribution in [0.15, 0.2) is 83.9 Å². The Bertz CT molecular complexity index is 1700. The monoisotopic (exact) mass is 742 g/mol. The van der Waals surface area contributed by atoms with Crippen molar-refractivity contribution in [2.75, 3.05) is 70.3 Å². The molecule has 0 radical (unpaired) electrons. The van der Waals surface area contributed by atoms with E-state index in [2.05, 4.69) is 69.9 Å². The van der Waals surface area contributed by atoms with E-state index in [1.54, 1.807) is 6.08 Å². The number of halogens is 2. The second-order valence-corrected chi connectivity index (χ2v) is 16.4. The van der Waals surface area contributed by atoms with E-state index in [0.717, 1.165) is 106 Å². The van der Waals surface area contributed by atoms with Crippen LogP contribution >= 0.6 is 23.2 Å². The zero-order chi connectivity index (χ0) is 36.2. The quantitative estimate of drug-likeness (QED) is 0.246. The molecule has 0 amide bonds. The number of rotatable bonds is 8. The number of aliphatic hydroxyl groups is 2. The molecule has 6 unspecified atom stereocenters. The first-order chi connectivity index (χ1) is 25.3. The first kappa shape index (κ1) is 37.6. The first-order valence-corrected chi connectivity index (χ1v) is 20.4. The van der Waals surface area contributed by atoms with Crippen molar-refractivity contribution in [1.29, 1.82) is 0 Å². The summed E-state index contributed by atoms with van der Waals surface area (Å²) in [4.78, 5) is 10.5. The third-order valence-electron chi connectivity index (χ3n) is 12.2. The van der Waals surface area contributed by atoms with Gasteiger partial charge in [-0.2, -0.15) is 0 Å². The average Bonchev–Trinajstić information content (AvgIpc) is 3.70. The number of benzene rings is 3. The molecule has 8 rings (SSSR count). The molecule has 6 atom stereocenters. The third-order valence-corrected chi connectivity index (χ3v) is 12.8. The number of hydrogen-bond acceptors (Lipinski definition) is 6. The van der Waals surface area contributed by atoms with E-state index in [9.17, 15) is 10.2 Å². The molecule has 278 valence electrons. The Labute approximate surface area is 321 Å². The molecular weight excluding hydrogens is 687 g/mol. The normalized spacial score (nSPS) is 27.9. The summed E-state index contributed by atoms with van der Waals surface area (Å²) < 4.78 is 0. The minimum atomic E-state index is -0.418. The van der Waals surface area contributed by atoms with Gasteiger partial charge in [-0.15, -0.1) is 0 Å². The van der Waals surface area contributed by atoms with Crippen LogP contribution in [-0.4, -0.2) is 96.4 Å². The fourth-order valence-electron chi connectivity index (χ4n) is 9.15. The highest BCUT2D eigenvalue weighted by molar-refractivity contribution is 6.30. The van der Waals surface area contributed by atoms with Crippen molar-refractivity contribution in [2.45, 2.75) is 57.8 Å². The van der Waals surface area contributed by atoms with Crippen LogP contribution in [0.25, 0.3) is 6.08 Å². The molecule has 8 heteroatoms. The first-order valence-electron chi connectivity index (χ1n) is 19.6. The summed E-state index contributed by atoms with van der Waals surface area (Å²) in [5, 5.41) is 22.1. The van der Waals surface area contributed by atoms with Crippen LogP contribution in [0.5, 0.6) is 0 Å². The lowest BCUT2D eigenvalue weighted by Crippen LogP contribution is -2.56. The zero-order valence-electron chi connectivity index (χ0n) is 30.9. The minimum absolute atomic E-state index is 0.240. The maximum absolute atomic E-state index is 11.0. The van der Waals surface area contributed by atoms with Crippen molar-refractivity contribution in [3.8, 4) is 0 Å². The summed E-state index contributed by atoms with van der Waals surface area (Å²) in [5.74, 6) is 1.38. The van der Waals surface area contributed by atoms with Crippen LogP contribution in [-0.2, 0) is 12.8 Å². The van der Waals surface area contributed by atoms with Crippen LogP contribution in [0.4, 0.5) is 5.69 Å². The molecule has 52 heavy (non-hydrogen) atoms. The van der Waals surface area contributed by atoms with Crippen LogP contribution in [0.2, 0.25) is 5.02 Å². The second-order valence-electron chi connectivity index (χ2n) is 15.5. The predicted octanol–water partition coefficient (Wildman–Crippen LogP) is 7.83. The number of fused-ring (bicyclic) bond motifs is 2. The van der Waals surface area contributed by atoms with Crippen LogP contribution < -0.4 is 4.90 Å². The number of aliphatic hydroxyl groups excluding tert-OH is 2. The van der Waals surface area contributed by atoms with Gasteiger partial charge in [-0.05, 0) is 89.6 Å². The Hall–Kier alpha value is -2.68. The molecule has 2 fully saturated rings. The summed E-state index contributed by atoms with van der Waals surface area (Å²) in [7, 11) is 0. The van der Waals surface area contributed by atoms with Gasteiger partial charge in [0, 0.05) is 93.1 Å². The molecule has 6 nitrogen and oxygen atoms in total. The standard InChI is InChI=1S/C35H48Cl2N4O.C9H8O/c1-3-25-5-9-31(10-6-25)40-15-11-38(12-16-40)23-28-19-26(4-2)20-33(37)34(28)41-17-13-39(14-18-41)24-29-21-27-7-8-30(36)22-32(27)35(29)42;10-9-6-5-7-3-1-2-4-8(7)9/h5-10,20,22,26,28-29,34-35,42H,3-4,11-19,21,23-24H2,1-2H3;1-6,9-10H. The summed E-state index contributed by atoms with van der Waals surface area (Å²) in [6, 6.07) is 23.3. The van der Waals surface area contributed by atoms with Crippen molar-refractivity contribution >= 4 is 35.0 Å². The van der Waals surface area contributed by atoms with Crippen molar-refractivity contribution in [3.05, 3.63) is 117 Å². The van der Waals surface area contributed by atoms with Gasteiger partial charge >= 0.3 is 0 Å². The van der Waals surface area contributed by atoms with E-state index in [1.807, 2.05) is 42.5 Å². The molecule has 3 aliphatic carbocycles. The molecule has 0 bridgehead atoms. The van der Waals surface area contributed by atoms with Crippen molar-refractivity contribution in [3.63, 3.8) is 0 Å². The second kappa shape index (κ2) is 17.2. The molecule has 2 N–H and O–H groups in total. The minimum Gasteiger partial charge on any atom is -0.388 e. The maximum Gasteiger partial charge on any atom is 0.0980 e. The molecule has 2 aliphatic heterocycles. The Morgan fingerprint density at radius 3 is 2.13 bits per heavy atom. The highest BCUT2D eigenvalue weighted by Gasteiger charge is 2.39. The van der Waals surface area contributed by atoms with Gasteiger partial charge in [0.2, 0.25) is 0 Å². The summed E-state index contributed by atoms with van der Waals surface area (Å²) in [6.07, 6.45) is 9.72. The highest BCUT2D eigenvalue weighted by atomic mass is 35.5. The zero-order valence-corrected chi connectivity index (χ0v) is 32.4. The maximum atomic E-state index is 11.0. The van der Waals surface area contributed by atoms with Crippen LogP contribution in [0, 0.1) is 17.8 Å². The van der Waals surface area contributed by atoms with E-state index in [-0.39, 0.29) is 12.0 Å². The molecule has 0 saturated carbocycles. The average molecular weight is 744 g/mol. The Kier molecular flexibility index (Phi) is 12.4. The van der Waals surface area contributed by atoms with Crippen LogP contribution in [0.1, 0.15) is 66.7 Å². The van der Waals surface area contributed by atoms with Gasteiger partial charge in [-0.25, -0.2) is 0 Å². The van der Waals surface area contributed by atoms with Gasteiger partial charge in [0.25, 0.3) is 0 Å². The van der Waals surface area contributed by atoms with E-state index in [0.29, 0.717) is 22.9 Å². The lowest BCUT2D eigenvalue weighted by Gasteiger charge is -2.47. The van der Waals surface area contributed by atoms with Crippen LogP contribution in [0.3, 0.4) is 0 Å². The topological polar surface area (TPSA) is 53.4 Å². The number of hydrogen-bond donors (Lipinski definition) is 2. The van der Waals surface area contributed by atoms with Crippen molar-refractivity contribution in [2.24, 2.45) is 17.8 Å². The number of aryl methyl sites for hydroxylation is 1. The Balaban J connectivity index is 0.000000360. The SMILES string of the molecule is CCc1ccc(N2CCN(CC3CC(CC)C=C(Cl)C3N3CCN(CC4Cc5ccc(Cl)cc5C4O)CC3)CC2)cc1.OC1C=Cc2ccccc21. The van der Waals surface area contributed by atoms with Crippen molar-refractivity contribution < 1.29 is 10.2 Å². The smallest absolute Gasteiger partial charge is 0.0980 e. The molecule has 5 aliphatic rings. The third kappa shape index (κ3) is 8.65. The molecule has 2 heterocycles. The fourth-order valence-corrected chi connectivity index (χ4v) is 9.83. The van der Waals surface area contributed by atoms with Gasteiger partial charge in [-0.1, -0.05) is 97.7 Å². The molecule has 2 saturated heterocycles. The Morgan fingerprint density at radius 1 is 0.750 bits per heavy atom. The number of anilines is 1. The number of allylic oxidation sites excluding steroid dienone is 1. The van der Waals surface area contributed by atoms with E-state index >= 15 is 0 Å². The highest BCUT2D eigenvalue weighted by Crippen LogP contribution is 2.39. The number of piperazine rings is 2. The van der Waals surface area contributed by atoms with E-state index in [1.165, 1.54) is 23.2 Å². The van der Waals surface area contributed by atoms with Gasteiger partial charge in [0.1, 0.15) is 0 Å². The number of nitrogens with zero attached hydrogens (tertiary/aromatic N) is 4. The van der Waals surface area contributed by atoms with E-state index in [4.69, 9.17) is 23.2 Å². The summed E-state index contributed by atoms with van der Waals surface area (Å²) >= 11 is 13.3. The largest absolute Gasteiger partial charge is 0.388 e. The molecule has 3 aromatic rings. The van der Waals surface area contributed by atoms with Crippen molar-refractivity contribution in [1.82, 2.24) is 14.7 Å².